The normalized spacial score (nSPS) is 12.7. The molecule has 0 amide bonds. The van der Waals surface area contributed by atoms with E-state index in [0.717, 1.165) is 5.56 Å². The average Bonchev–Trinajstić information content (AvgIpc) is 2.30. The van der Waals surface area contributed by atoms with E-state index in [1.54, 1.807) is 19.1 Å². The molecule has 0 fully saturated rings. The molecule has 0 spiro atoms. The smallest absolute Gasteiger partial charge is 0.307 e. The van der Waals surface area contributed by atoms with Crippen molar-refractivity contribution in [1.82, 2.24) is 4.90 Å². The number of nitrogens with zero attached hydrogens (tertiary/aromatic N) is 1. The van der Waals surface area contributed by atoms with Crippen molar-refractivity contribution in [2.45, 2.75) is 26.8 Å². The van der Waals surface area contributed by atoms with Crippen LogP contribution in [0.4, 0.5) is 4.39 Å². The van der Waals surface area contributed by atoms with E-state index in [2.05, 4.69) is 0 Å². The first-order valence-corrected chi connectivity index (χ1v) is 6.10. The Labute approximate surface area is 107 Å². The topological polar surface area (TPSA) is 40.5 Å². The van der Waals surface area contributed by atoms with Crippen LogP contribution < -0.4 is 0 Å². The second-order valence-corrected chi connectivity index (χ2v) is 4.72. The Morgan fingerprint density at radius 1 is 1.50 bits per heavy atom. The lowest BCUT2D eigenvalue weighted by atomic mass is 10.1. The molecule has 1 N–H and O–H groups in total. The average molecular weight is 253 g/mol. The first-order chi connectivity index (χ1) is 8.43. The molecule has 0 aromatic heterocycles. The number of halogens is 1. The van der Waals surface area contributed by atoms with Crippen molar-refractivity contribution >= 4 is 5.97 Å². The highest BCUT2D eigenvalue weighted by Gasteiger charge is 2.17. The zero-order valence-corrected chi connectivity index (χ0v) is 11.1. The third-order valence-corrected chi connectivity index (χ3v) is 3.05. The molecule has 4 heteroatoms. The summed E-state index contributed by atoms with van der Waals surface area (Å²) >= 11 is 0. The van der Waals surface area contributed by atoms with Crippen LogP contribution in [0.3, 0.4) is 0 Å². The summed E-state index contributed by atoms with van der Waals surface area (Å²) < 4.78 is 13.1. The molecule has 0 aliphatic heterocycles. The fourth-order valence-corrected chi connectivity index (χ4v) is 1.94. The molecule has 0 saturated carbocycles. The van der Waals surface area contributed by atoms with Crippen LogP contribution in [0, 0.1) is 18.7 Å². The summed E-state index contributed by atoms with van der Waals surface area (Å²) in [7, 11) is 1.88. The van der Waals surface area contributed by atoms with E-state index in [1.165, 1.54) is 6.07 Å². The van der Waals surface area contributed by atoms with Crippen LogP contribution in [0.15, 0.2) is 18.2 Å². The quantitative estimate of drug-likeness (QED) is 0.847. The van der Waals surface area contributed by atoms with Gasteiger partial charge < -0.3 is 10.0 Å². The summed E-state index contributed by atoms with van der Waals surface area (Å²) in [6.45, 7) is 4.73. The highest BCUT2D eigenvalue weighted by Crippen LogP contribution is 2.12. The van der Waals surface area contributed by atoms with E-state index >= 15 is 0 Å². The van der Waals surface area contributed by atoms with Gasteiger partial charge in [-0.25, -0.2) is 4.39 Å². The Balaban J connectivity index is 2.61. The largest absolute Gasteiger partial charge is 0.481 e. The lowest BCUT2D eigenvalue weighted by Crippen LogP contribution is -2.29. The van der Waals surface area contributed by atoms with Crippen molar-refractivity contribution in [2.75, 3.05) is 13.6 Å². The Bertz CT molecular complexity index is 420. The van der Waals surface area contributed by atoms with E-state index < -0.39 is 5.97 Å². The van der Waals surface area contributed by atoms with Crippen LogP contribution >= 0.6 is 0 Å². The maximum Gasteiger partial charge on any atom is 0.307 e. The highest BCUT2D eigenvalue weighted by molar-refractivity contribution is 5.70. The van der Waals surface area contributed by atoms with Gasteiger partial charge in [0.2, 0.25) is 0 Å². The molecule has 1 aromatic rings. The number of aryl methyl sites for hydroxylation is 1. The van der Waals surface area contributed by atoms with Gasteiger partial charge in [-0.2, -0.15) is 0 Å². The Hall–Kier alpha value is -1.42. The fourth-order valence-electron chi connectivity index (χ4n) is 1.94. The predicted molar refractivity (Wildman–Crippen MR) is 68.9 cm³/mol. The van der Waals surface area contributed by atoms with Gasteiger partial charge in [0, 0.05) is 13.1 Å². The van der Waals surface area contributed by atoms with Crippen LogP contribution in [-0.2, 0) is 11.3 Å². The van der Waals surface area contributed by atoms with Crippen molar-refractivity contribution in [3.63, 3.8) is 0 Å². The minimum atomic E-state index is -0.764. The van der Waals surface area contributed by atoms with Gasteiger partial charge >= 0.3 is 5.97 Å². The number of aliphatic carboxylic acids is 1. The lowest BCUT2D eigenvalue weighted by Gasteiger charge is -2.20. The maximum absolute atomic E-state index is 13.1. The molecule has 100 valence electrons. The van der Waals surface area contributed by atoms with E-state index in [4.69, 9.17) is 5.11 Å². The number of hydrogen-bond donors (Lipinski definition) is 1. The minimum absolute atomic E-state index is 0.210. The van der Waals surface area contributed by atoms with E-state index in [1.807, 2.05) is 18.9 Å². The summed E-state index contributed by atoms with van der Waals surface area (Å²) in [5.74, 6) is -1.32. The zero-order valence-electron chi connectivity index (χ0n) is 11.1. The Kier molecular flexibility index (Phi) is 5.28. The van der Waals surface area contributed by atoms with Crippen molar-refractivity contribution in [2.24, 2.45) is 5.92 Å². The standard InChI is InChI=1S/C14H20FNO2/c1-4-12(14(17)18)9-16(3)8-11-5-6-13(15)10(2)7-11/h5-7,12H,4,8-9H2,1-3H3,(H,17,18). The SMILES string of the molecule is CCC(CN(C)Cc1ccc(F)c(C)c1)C(=O)O. The van der Waals surface area contributed by atoms with Gasteiger partial charge in [0.15, 0.2) is 0 Å². The Morgan fingerprint density at radius 2 is 2.17 bits per heavy atom. The molecule has 1 atom stereocenters. The predicted octanol–water partition coefficient (Wildman–Crippen LogP) is 2.68. The number of rotatable bonds is 6. The van der Waals surface area contributed by atoms with Crippen molar-refractivity contribution < 1.29 is 14.3 Å². The molecule has 18 heavy (non-hydrogen) atoms. The zero-order chi connectivity index (χ0) is 13.7. The molecule has 1 aromatic carbocycles. The summed E-state index contributed by atoms with van der Waals surface area (Å²) in [5.41, 5.74) is 1.61. The van der Waals surface area contributed by atoms with E-state index in [0.29, 0.717) is 25.1 Å². The molecule has 0 aliphatic carbocycles. The highest BCUT2D eigenvalue weighted by atomic mass is 19.1. The monoisotopic (exact) mass is 253 g/mol. The number of carboxylic acid groups (broad SMARTS) is 1. The number of carbonyl (C=O) groups is 1. The molecule has 0 radical (unpaired) electrons. The van der Waals surface area contributed by atoms with Gasteiger partial charge in [0.25, 0.3) is 0 Å². The second-order valence-electron chi connectivity index (χ2n) is 4.72. The van der Waals surface area contributed by atoms with Crippen LogP contribution in [-0.4, -0.2) is 29.6 Å². The maximum atomic E-state index is 13.1. The molecule has 1 rings (SSSR count). The third-order valence-electron chi connectivity index (χ3n) is 3.05. The molecular formula is C14H20FNO2. The van der Waals surface area contributed by atoms with Crippen LogP contribution in [0.2, 0.25) is 0 Å². The molecule has 0 aliphatic rings. The van der Waals surface area contributed by atoms with Gasteiger partial charge in [-0.05, 0) is 37.6 Å². The minimum Gasteiger partial charge on any atom is -0.481 e. The van der Waals surface area contributed by atoms with Gasteiger partial charge in [0.05, 0.1) is 5.92 Å². The van der Waals surface area contributed by atoms with E-state index in [-0.39, 0.29) is 11.7 Å². The van der Waals surface area contributed by atoms with Gasteiger partial charge in [0.1, 0.15) is 5.82 Å². The molecule has 0 bridgehead atoms. The van der Waals surface area contributed by atoms with E-state index in [9.17, 15) is 9.18 Å². The summed E-state index contributed by atoms with van der Waals surface area (Å²) in [5, 5.41) is 8.99. The van der Waals surface area contributed by atoms with Gasteiger partial charge in [-0.1, -0.05) is 19.1 Å². The van der Waals surface area contributed by atoms with Crippen molar-refractivity contribution in [3.8, 4) is 0 Å². The summed E-state index contributed by atoms with van der Waals surface area (Å²) in [6.07, 6.45) is 0.613. The van der Waals surface area contributed by atoms with Crippen molar-refractivity contribution in [3.05, 3.63) is 35.1 Å². The molecule has 0 heterocycles. The molecule has 1 unspecified atom stereocenters. The van der Waals surface area contributed by atoms with Gasteiger partial charge in [-0.15, -0.1) is 0 Å². The van der Waals surface area contributed by atoms with Crippen molar-refractivity contribution in [1.29, 1.82) is 0 Å². The molecule has 0 saturated heterocycles. The third kappa shape index (κ3) is 4.11. The first kappa shape index (κ1) is 14.6. The Morgan fingerprint density at radius 3 is 2.67 bits per heavy atom. The first-order valence-electron chi connectivity index (χ1n) is 6.10. The number of benzene rings is 1. The molecule has 3 nitrogen and oxygen atoms in total. The van der Waals surface area contributed by atoms with Crippen LogP contribution in [0.1, 0.15) is 24.5 Å². The second kappa shape index (κ2) is 6.50. The van der Waals surface area contributed by atoms with Crippen LogP contribution in [0.25, 0.3) is 0 Å². The summed E-state index contributed by atoms with van der Waals surface area (Å²) in [4.78, 5) is 12.9. The number of hydrogen-bond acceptors (Lipinski definition) is 2. The lowest BCUT2D eigenvalue weighted by molar-refractivity contribution is -0.142. The molecular weight excluding hydrogens is 233 g/mol. The number of carboxylic acids is 1. The van der Waals surface area contributed by atoms with Gasteiger partial charge in [-0.3, -0.25) is 4.79 Å². The van der Waals surface area contributed by atoms with Crippen LogP contribution in [0.5, 0.6) is 0 Å². The summed E-state index contributed by atoms with van der Waals surface area (Å²) in [6, 6.07) is 4.99. The fraction of sp³-hybridized carbons (Fsp3) is 0.500.